The normalized spacial score (nSPS) is 15.3. The molecule has 1 aliphatic rings. The quantitative estimate of drug-likeness (QED) is 0.586. The summed E-state index contributed by atoms with van der Waals surface area (Å²) < 4.78 is 4.77. The highest BCUT2D eigenvalue weighted by Gasteiger charge is 2.45. The Morgan fingerprint density at radius 1 is 1.28 bits per heavy atom. The molecular formula is C16H16N4O5. The van der Waals surface area contributed by atoms with Gasteiger partial charge in [0.25, 0.3) is 11.8 Å². The molecule has 4 amide bonds. The summed E-state index contributed by atoms with van der Waals surface area (Å²) in [4.78, 5) is 47.8. The number of hydrogen-bond acceptors (Lipinski definition) is 6. The molecule has 0 saturated carbocycles. The fourth-order valence-electron chi connectivity index (χ4n) is 2.11. The van der Waals surface area contributed by atoms with Crippen molar-refractivity contribution in [2.24, 2.45) is 0 Å². The van der Waals surface area contributed by atoms with Crippen molar-refractivity contribution in [2.45, 2.75) is 19.4 Å². The van der Waals surface area contributed by atoms with Crippen molar-refractivity contribution in [1.29, 1.82) is 5.26 Å². The van der Waals surface area contributed by atoms with Gasteiger partial charge in [0.1, 0.15) is 12.1 Å². The van der Waals surface area contributed by atoms with Gasteiger partial charge in [-0.05, 0) is 38.1 Å². The van der Waals surface area contributed by atoms with Crippen LogP contribution in [0.3, 0.4) is 0 Å². The number of nitrogens with one attached hydrogen (secondary N) is 2. The predicted octanol–water partition coefficient (Wildman–Crippen LogP) is 0.370. The van der Waals surface area contributed by atoms with Crippen LogP contribution in [0, 0.1) is 11.3 Å². The van der Waals surface area contributed by atoms with Gasteiger partial charge in [-0.3, -0.25) is 19.3 Å². The van der Waals surface area contributed by atoms with E-state index in [0.29, 0.717) is 11.3 Å². The molecule has 1 aliphatic heterocycles. The third kappa shape index (κ3) is 4.32. The van der Waals surface area contributed by atoms with E-state index < -0.39 is 42.5 Å². The Hall–Kier alpha value is -3.41. The molecule has 2 rings (SSSR count). The molecule has 1 heterocycles. The van der Waals surface area contributed by atoms with E-state index in [-0.39, 0.29) is 0 Å². The average molecular weight is 344 g/mol. The summed E-state index contributed by atoms with van der Waals surface area (Å²) in [7, 11) is 0. The Kier molecular flexibility index (Phi) is 5.02. The van der Waals surface area contributed by atoms with Crippen molar-refractivity contribution in [3.8, 4) is 6.07 Å². The summed E-state index contributed by atoms with van der Waals surface area (Å²) in [5, 5.41) is 13.6. The summed E-state index contributed by atoms with van der Waals surface area (Å²) in [6.45, 7) is 1.90. The zero-order chi connectivity index (χ0) is 18.6. The van der Waals surface area contributed by atoms with E-state index in [0.717, 1.165) is 4.90 Å². The molecule has 1 aromatic rings. The van der Waals surface area contributed by atoms with Crippen molar-refractivity contribution < 1.29 is 23.9 Å². The lowest BCUT2D eigenvalue weighted by molar-refractivity contribution is -0.150. The largest absolute Gasteiger partial charge is 0.454 e. The minimum absolute atomic E-state index is 0.441. The second-order valence-electron chi connectivity index (χ2n) is 5.84. The van der Waals surface area contributed by atoms with Gasteiger partial charge in [0.2, 0.25) is 0 Å². The lowest BCUT2D eigenvalue weighted by Gasteiger charge is -2.15. The first kappa shape index (κ1) is 17.9. The summed E-state index contributed by atoms with van der Waals surface area (Å²) in [5.74, 6) is -2.01. The van der Waals surface area contributed by atoms with Gasteiger partial charge in [0.05, 0.1) is 11.6 Å². The number of amides is 4. The molecule has 9 nitrogen and oxygen atoms in total. The molecule has 0 radical (unpaired) electrons. The molecule has 0 bridgehead atoms. The van der Waals surface area contributed by atoms with Crippen LogP contribution in [-0.4, -0.2) is 47.4 Å². The number of esters is 1. The number of nitrogens with zero attached hydrogens (tertiary/aromatic N) is 2. The minimum atomic E-state index is -1.08. The number of carbonyl (C=O) groups excluding carboxylic acids is 4. The number of rotatable bonds is 5. The maximum Gasteiger partial charge on any atom is 0.326 e. The number of nitriles is 1. The molecule has 25 heavy (non-hydrogen) atoms. The first-order chi connectivity index (χ1) is 11.7. The van der Waals surface area contributed by atoms with E-state index in [9.17, 15) is 19.2 Å². The smallest absolute Gasteiger partial charge is 0.326 e. The Morgan fingerprint density at radius 3 is 2.44 bits per heavy atom. The van der Waals surface area contributed by atoms with E-state index >= 15 is 0 Å². The Bertz CT molecular complexity index is 764. The van der Waals surface area contributed by atoms with Crippen LogP contribution < -0.4 is 10.6 Å². The first-order valence-electron chi connectivity index (χ1n) is 7.32. The zero-order valence-corrected chi connectivity index (χ0v) is 13.7. The van der Waals surface area contributed by atoms with E-state index in [1.807, 2.05) is 6.07 Å². The van der Waals surface area contributed by atoms with Gasteiger partial charge in [-0.25, -0.2) is 4.79 Å². The standard InChI is InChI=1S/C16H16N4O5/c1-16(2)14(23)20(15(24)19-16)8-13(22)25-9-12(21)18-11-5-3-10(7-17)4-6-11/h3-6H,8-9H2,1-2H3,(H,18,21)(H,19,24). The summed E-state index contributed by atoms with van der Waals surface area (Å²) in [6.07, 6.45) is 0. The van der Waals surface area contributed by atoms with Crippen LogP contribution in [0.25, 0.3) is 0 Å². The Morgan fingerprint density at radius 2 is 1.92 bits per heavy atom. The maximum absolute atomic E-state index is 11.9. The van der Waals surface area contributed by atoms with E-state index in [1.54, 1.807) is 0 Å². The number of hydrogen-bond donors (Lipinski definition) is 2. The van der Waals surface area contributed by atoms with Crippen LogP contribution in [0.1, 0.15) is 19.4 Å². The number of anilines is 1. The highest BCUT2D eigenvalue weighted by atomic mass is 16.5. The lowest BCUT2D eigenvalue weighted by atomic mass is 10.1. The third-order valence-corrected chi connectivity index (χ3v) is 3.39. The van der Waals surface area contributed by atoms with Crippen LogP contribution >= 0.6 is 0 Å². The van der Waals surface area contributed by atoms with Gasteiger partial charge in [-0.15, -0.1) is 0 Å². The molecule has 0 aromatic heterocycles. The maximum atomic E-state index is 11.9. The molecule has 2 N–H and O–H groups in total. The van der Waals surface area contributed by atoms with Crippen LogP contribution in [0.5, 0.6) is 0 Å². The minimum Gasteiger partial charge on any atom is -0.454 e. The van der Waals surface area contributed by atoms with Gasteiger partial charge in [-0.2, -0.15) is 5.26 Å². The van der Waals surface area contributed by atoms with Crippen LogP contribution in [0.4, 0.5) is 10.5 Å². The van der Waals surface area contributed by atoms with E-state index in [2.05, 4.69) is 10.6 Å². The molecular weight excluding hydrogens is 328 g/mol. The predicted molar refractivity (Wildman–Crippen MR) is 85.1 cm³/mol. The number of imide groups is 1. The van der Waals surface area contributed by atoms with Crippen molar-refractivity contribution in [1.82, 2.24) is 10.2 Å². The molecule has 0 unspecified atom stereocenters. The second-order valence-corrected chi connectivity index (χ2v) is 5.84. The Labute approximate surface area is 143 Å². The van der Waals surface area contributed by atoms with Crippen LogP contribution in [-0.2, 0) is 19.1 Å². The molecule has 1 saturated heterocycles. The van der Waals surface area contributed by atoms with Crippen molar-refractivity contribution in [3.63, 3.8) is 0 Å². The average Bonchev–Trinajstić information content (AvgIpc) is 2.75. The van der Waals surface area contributed by atoms with Crippen molar-refractivity contribution in [2.75, 3.05) is 18.5 Å². The van der Waals surface area contributed by atoms with Gasteiger partial charge >= 0.3 is 12.0 Å². The summed E-state index contributed by atoms with van der Waals surface area (Å²) in [6, 6.07) is 7.39. The van der Waals surface area contributed by atoms with E-state index in [1.165, 1.54) is 38.1 Å². The number of urea groups is 1. The van der Waals surface area contributed by atoms with Gasteiger partial charge in [0.15, 0.2) is 6.61 Å². The second kappa shape index (κ2) is 7.00. The first-order valence-corrected chi connectivity index (χ1v) is 7.32. The molecule has 0 spiro atoms. The Balaban J connectivity index is 1.81. The number of ether oxygens (including phenoxy) is 1. The van der Waals surface area contributed by atoms with Crippen LogP contribution in [0.2, 0.25) is 0 Å². The van der Waals surface area contributed by atoms with Gasteiger partial charge < -0.3 is 15.4 Å². The number of carbonyl (C=O) groups is 4. The molecule has 1 fully saturated rings. The molecule has 0 aliphatic carbocycles. The number of benzene rings is 1. The fourth-order valence-corrected chi connectivity index (χ4v) is 2.11. The molecule has 0 atom stereocenters. The van der Waals surface area contributed by atoms with E-state index in [4.69, 9.17) is 10.00 Å². The molecule has 9 heteroatoms. The molecule has 130 valence electrons. The van der Waals surface area contributed by atoms with Gasteiger partial charge in [-0.1, -0.05) is 0 Å². The highest BCUT2D eigenvalue weighted by molar-refractivity contribution is 6.08. The monoisotopic (exact) mass is 344 g/mol. The summed E-state index contributed by atoms with van der Waals surface area (Å²) in [5.41, 5.74) is -0.193. The molecule has 1 aromatic carbocycles. The SMILES string of the molecule is CC1(C)NC(=O)N(CC(=O)OCC(=O)Nc2ccc(C#N)cc2)C1=O. The zero-order valence-electron chi connectivity index (χ0n) is 13.7. The third-order valence-electron chi connectivity index (χ3n) is 3.39. The fraction of sp³-hybridized carbons (Fsp3) is 0.312. The highest BCUT2D eigenvalue weighted by Crippen LogP contribution is 2.16. The lowest BCUT2D eigenvalue weighted by Crippen LogP contribution is -2.41. The summed E-state index contributed by atoms with van der Waals surface area (Å²) >= 11 is 0. The topological polar surface area (TPSA) is 129 Å². The van der Waals surface area contributed by atoms with Crippen molar-refractivity contribution >= 4 is 29.5 Å². The van der Waals surface area contributed by atoms with Gasteiger partial charge in [0, 0.05) is 5.69 Å². The van der Waals surface area contributed by atoms with Crippen LogP contribution in [0.15, 0.2) is 24.3 Å². The van der Waals surface area contributed by atoms with Crippen molar-refractivity contribution in [3.05, 3.63) is 29.8 Å².